The molecule has 0 amide bonds. The van der Waals surface area contributed by atoms with Crippen LogP contribution in [0, 0.1) is 11.8 Å². The number of allylic oxidation sites excluding steroid dienone is 1. The van der Waals surface area contributed by atoms with Crippen molar-refractivity contribution in [1.82, 2.24) is 0 Å². The van der Waals surface area contributed by atoms with Crippen LogP contribution in [0.25, 0.3) is 0 Å². The molecule has 1 heterocycles. The lowest BCUT2D eigenvalue weighted by Gasteiger charge is -2.12. The van der Waals surface area contributed by atoms with E-state index >= 15 is 0 Å². The molecule has 0 aromatic rings. The van der Waals surface area contributed by atoms with Crippen molar-refractivity contribution in [2.45, 2.75) is 31.7 Å². The SMILES string of the molecule is COC1CC2C(C=C(Br)Br)CCC2O1. The fraction of sp³-hybridized carbons (Fsp3) is 0.800. The quantitative estimate of drug-likeness (QED) is 0.774. The van der Waals surface area contributed by atoms with Gasteiger partial charge in [-0.3, -0.25) is 0 Å². The van der Waals surface area contributed by atoms with Gasteiger partial charge in [0.25, 0.3) is 0 Å². The van der Waals surface area contributed by atoms with Crippen molar-refractivity contribution in [3.63, 3.8) is 0 Å². The lowest BCUT2D eigenvalue weighted by Crippen LogP contribution is -2.12. The van der Waals surface area contributed by atoms with Gasteiger partial charge in [0.2, 0.25) is 0 Å². The number of rotatable bonds is 2. The summed E-state index contributed by atoms with van der Waals surface area (Å²) in [6.45, 7) is 0. The standard InChI is InChI=1S/C10H14Br2O2/c1-13-10-5-7-6(4-9(11)12)2-3-8(7)14-10/h4,6-8,10H,2-3,5H2,1H3. The van der Waals surface area contributed by atoms with Crippen molar-refractivity contribution < 1.29 is 9.47 Å². The fourth-order valence-corrected chi connectivity index (χ4v) is 3.23. The third-order valence-corrected chi connectivity index (χ3v) is 3.73. The van der Waals surface area contributed by atoms with Crippen LogP contribution in [0.1, 0.15) is 19.3 Å². The molecule has 1 saturated heterocycles. The van der Waals surface area contributed by atoms with Crippen LogP contribution in [0.15, 0.2) is 9.47 Å². The maximum absolute atomic E-state index is 5.76. The van der Waals surface area contributed by atoms with E-state index in [9.17, 15) is 0 Å². The van der Waals surface area contributed by atoms with Crippen molar-refractivity contribution in [2.75, 3.05) is 7.11 Å². The van der Waals surface area contributed by atoms with Crippen LogP contribution in [-0.4, -0.2) is 19.5 Å². The van der Waals surface area contributed by atoms with Gasteiger partial charge in [0.05, 0.1) is 9.50 Å². The summed E-state index contributed by atoms with van der Waals surface area (Å²) in [5, 5.41) is 0. The summed E-state index contributed by atoms with van der Waals surface area (Å²) in [7, 11) is 1.72. The lowest BCUT2D eigenvalue weighted by molar-refractivity contribution is -0.114. The van der Waals surface area contributed by atoms with Crippen LogP contribution < -0.4 is 0 Å². The summed E-state index contributed by atoms with van der Waals surface area (Å²) >= 11 is 6.84. The molecular weight excluding hydrogens is 312 g/mol. The third kappa shape index (κ3) is 2.23. The van der Waals surface area contributed by atoms with Crippen LogP contribution in [-0.2, 0) is 9.47 Å². The largest absolute Gasteiger partial charge is 0.356 e. The minimum absolute atomic E-state index is 0.0234. The highest BCUT2D eigenvalue weighted by Crippen LogP contribution is 2.44. The first-order valence-corrected chi connectivity index (χ1v) is 6.50. The normalized spacial score (nSPS) is 41.1. The van der Waals surface area contributed by atoms with E-state index in [2.05, 4.69) is 37.9 Å². The predicted molar refractivity (Wildman–Crippen MR) is 62.4 cm³/mol. The molecule has 0 radical (unpaired) electrons. The van der Waals surface area contributed by atoms with E-state index in [4.69, 9.17) is 9.47 Å². The Hall–Kier alpha value is 0.620. The Balaban J connectivity index is 2.01. The Morgan fingerprint density at radius 3 is 2.86 bits per heavy atom. The van der Waals surface area contributed by atoms with Crippen LogP contribution in [0.4, 0.5) is 0 Å². The average Bonchev–Trinajstić information content (AvgIpc) is 2.66. The highest BCUT2D eigenvalue weighted by Gasteiger charge is 2.43. The van der Waals surface area contributed by atoms with Crippen molar-refractivity contribution >= 4 is 31.9 Å². The number of hydrogen-bond donors (Lipinski definition) is 0. The van der Waals surface area contributed by atoms with Gasteiger partial charge in [-0.2, -0.15) is 0 Å². The molecular formula is C10H14Br2O2. The number of ether oxygens (including phenoxy) is 2. The van der Waals surface area contributed by atoms with Crippen LogP contribution in [0.3, 0.4) is 0 Å². The molecule has 80 valence electrons. The Bertz CT molecular complexity index is 238. The smallest absolute Gasteiger partial charge is 0.157 e. The molecule has 4 atom stereocenters. The molecule has 4 unspecified atom stereocenters. The van der Waals surface area contributed by atoms with Crippen LogP contribution >= 0.6 is 31.9 Å². The van der Waals surface area contributed by atoms with Gasteiger partial charge in [0, 0.05) is 13.5 Å². The van der Waals surface area contributed by atoms with Crippen molar-refractivity contribution in [3.05, 3.63) is 9.47 Å². The van der Waals surface area contributed by atoms with Crippen molar-refractivity contribution in [3.8, 4) is 0 Å². The summed E-state index contributed by atoms with van der Waals surface area (Å²) in [4.78, 5) is 0. The Morgan fingerprint density at radius 1 is 1.43 bits per heavy atom. The van der Waals surface area contributed by atoms with Gasteiger partial charge in [-0.05, 0) is 56.5 Å². The summed E-state index contributed by atoms with van der Waals surface area (Å²) in [6, 6.07) is 0. The van der Waals surface area contributed by atoms with E-state index in [1.807, 2.05) is 0 Å². The van der Waals surface area contributed by atoms with E-state index in [-0.39, 0.29) is 6.29 Å². The maximum Gasteiger partial charge on any atom is 0.157 e. The molecule has 1 aliphatic carbocycles. The molecule has 0 bridgehead atoms. The maximum atomic E-state index is 5.76. The first-order valence-electron chi connectivity index (χ1n) is 4.91. The molecule has 2 nitrogen and oxygen atoms in total. The molecule has 2 fully saturated rings. The monoisotopic (exact) mass is 324 g/mol. The Kier molecular flexibility index (Phi) is 3.68. The molecule has 2 rings (SSSR count). The second kappa shape index (κ2) is 4.64. The molecule has 2 aliphatic rings. The minimum Gasteiger partial charge on any atom is -0.356 e. The number of hydrogen-bond acceptors (Lipinski definition) is 2. The second-order valence-electron chi connectivity index (χ2n) is 3.94. The molecule has 1 aliphatic heterocycles. The van der Waals surface area contributed by atoms with Crippen molar-refractivity contribution in [2.24, 2.45) is 11.8 Å². The van der Waals surface area contributed by atoms with E-state index in [0.717, 1.165) is 9.81 Å². The van der Waals surface area contributed by atoms with Crippen LogP contribution in [0.5, 0.6) is 0 Å². The first-order chi connectivity index (χ1) is 6.70. The van der Waals surface area contributed by atoms with Gasteiger partial charge < -0.3 is 9.47 Å². The third-order valence-electron chi connectivity index (χ3n) is 3.21. The summed E-state index contributed by atoms with van der Waals surface area (Å²) in [5.74, 6) is 1.28. The summed E-state index contributed by atoms with van der Waals surface area (Å²) < 4.78 is 12.1. The number of fused-ring (bicyclic) bond motifs is 1. The van der Waals surface area contributed by atoms with Gasteiger partial charge in [-0.15, -0.1) is 0 Å². The van der Waals surface area contributed by atoms with Gasteiger partial charge in [-0.25, -0.2) is 0 Å². The van der Waals surface area contributed by atoms with Gasteiger partial charge >= 0.3 is 0 Å². The first kappa shape index (κ1) is 11.1. The zero-order chi connectivity index (χ0) is 10.1. The molecule has 4 heteroatoms. The average molecular weight is 326 g/mol. The fourth-order valence-electron chi connectivity index (χ4n) is 2.55. The molecule has 0 aromatic heterocycles. The molecule has 14 heavy (non-hydrogen) atoms. The predicted octanol–water partition coefficient (Wildman–Crippen LogP) is 3.41. The minimum atomic E-state index is 0.0234. The van der Waals surface area contributed by atoms with Crippen molar-refractivity contribution in [1.29, 1.82) is 0 Å². The lowest BCUT2D eigenvalue weighted by atomic mass is 9.93. The summed E-state index contributed by atoms with van der Waals surface area (Å²) in [5.41, 5.74) is 0. The Labute approximate surface area is 101 Å². The van der Waals surface area contributed by atoms with Crippen LogP contribution in [0.2, 0.25) is 0 Å². The van der Waals surface area contributed by atoms with E-state index in [1.54, 1.807) is 7.11 Å². The highest BCUT2D eigenvalue weighted by atomic mass is 79.9. The topological polar surface area (TPSA) is 18.5 Å². The zero-order valence-electron chi connectivity index (χ0n) is 8.08. The summed E-state index contributed by atoms with van der Waals surface area (Å²) in [6.07, 6.45) is 6.11. The van der Waals surface area contributed by atoms with Gasteiger partial charge in [0.1, 0.15) is 0 Å². The number of halogens is 2. The molecule has 0 N–H and O–H groups in total. The molecule has 0 aromatic carbocycles. The molecule has 1 saturated carbocycles. The second-order valence-corrected chi connectivity index (χ2v) is 6.71. The Morgan fingerprint density at radius 2 is 2.21 bits per heavy atom. The van der Waals surface area contributed by atoms with Gasteiger partial charge in [0.15, 0.2) is 6.29 Å². The zero-order valence-corrected chi connectivity index (χ0v) is 11.3. The van der Waals surface area contributed by atoms with E-state index < -0.39 is 0 Å². The molecule has 0 spiro atoms. The number of methoxy groups -OCH3 is 1. The van der Waals surface area contributed by atoms with E-state index in [0.29, 0.717) is 17.9 Å². The van der Waals surface area contributed by atoms with Gasteiger partial charge in [-0.1, -0.05) is 6.08 Å². The highest BCUT2D eigenvalue weighted by molar-refractivity contribution is 9.28. The van der Waals surface area contributed by atoms with E-state index in [1.165, 1.54) is 12.8 Å².